The van der Waals surface area contributed by atoms with Gasteiger partial charge in [0.2, 0.25) is 0 Å². The Balaban J connectivity index is 0.00000210. The van der Waals surface area contributed by atoms with Gasteiger partial charge in [0.15, 0.2) is 0 Å². The van der Waals surface area contributed by atoms with Gasteiger partial charge < -0.3 is 15.5 Å². The molecule has 1 unspecified atom stereocenters. The van der Waals surface area contributed by atoms with E-state index in [1.54, 1.807) is 23.3 Å². The van der Waals surface area contributed by atoms with Crippen molar-refractivity contribution in [2.75, 3.05) is 25.4 Å². The molecule has 3 aliphatic heterocycles. The third-order valence-corrected chi connectivity index (χ3v) is 5.93. The monoisotopic (exact) mass is 408 g/mol. The number of sulfonamides is 1. The van der Waals surface area contributed by atoms with Crippen LogP contribution in [0.3, 0.4) is 0 Å². The van der Waals surface area contributed by atoms with Gasteiger partial charge in [-0.05, 0) is 36.2 Å². The summed E-state index contributed by atoms with van der Waals surface area (Å²) in [6.07, 6.45) is 5.83. The first-order valence-corrected chi connectivity index (χ1v) is 10.2. The highest BCUT2D eigenvalue weighted by Crippen LogP contribution is 2.22. The van der Waals surface area contributed by atoms with Crippen LogP contribution in [0, 0.1) is 0 Å². The molecule has 1 atom stereocenters. The molecule has 0 saturated carbocycles. The van der Waals surface area contributed by atoms with Crippen molar-refractivity contribution in [2.45, 2.75) is 12.5 Å². The Kier molecular flexibility index (Phi) is 5.69. The minimum Gasteiger partial charge on any atom is -0.350 e. The zero-order valence-electron chi connectivity index (χ0n) is 14.6. The molecule has 0 aliphatic carbocycles. The molecule has 0 bridgehead atoms. The van der Waals surface area contributed by atoms with E-state index in [1.165, 1.54) is 11.1 Å². The number of hydrogen-bond acceptors (Lipinski definition) is 5. The maximum absolute atomic E-state index is 12.5. The topological polar surface area (TPSA) is 90.9 Å². The lowest BCUT2D eigenvalue weighted by Crippen LogP contribution is -2.41. The van der Waals surface area contributed by atoms with E-state index in [0.29, 0.717) is 24.5 Å². The number of carbonyl (C=O) groups is 1. The number of hydrogen-bond donors (Lipinski definition) is 2. The fraction of sp³-hybridized carbons (Fsp3) is 0.333. The van der Waals surface area contributed by atoms with Gasteiger partial charge >= 0.3 is 0 Å². The van der Waals surface area contributed by atoms with E-state index in [0.717, 1.165) is 13.0 Å². The lowest BCUT2D eigenvalue weighted by Gasteiger charge is -2.28. The first-order valence-electron chi connectivity index (χ1n) is 8.60. The smallest absolute Gasteiger partial charge is 0.256 e. The van der Waals surface area contributed by atoms with E-state index < -0.39 is 10.0 Å². The Hall–Kier alpha value is -2.16. The Bertz CT molecular complexity index is 940. The van der Waals surface area contributed by atoms with Crippen molar-refractivity contribution in [3.63, 3.8) is 0 Å². The van der Waals surface area contributed by atoms with E-state index in [2.05, 4.69) is 27.2 Å². The molecule has 7 nitrogen and oxygen atoms in total. The number of amidine groups is 1. The van der Waals surface area contributed by atoms with E-state index in [1.807, 2.05) is 12.1 Å². The Morgan fingerprint density at radius 1 is 1.30 bits per heavy atom. The van der Waals surface area contributed by atoms with Gasteiger partial charge in [0.05, 0.1) is 11.3 Å². The fourth-order valence-corrected chi connectivity index (χ4v) is 4.38. The van der Waals surface area contributed by atoms with E-state index in [-0.39, 0.29) is 30.1 Å². The van der Waals surface area contributed by atoms with Crippen LogP contribution in [0.25, 0.3) is 0 Å². The van der Waals surface area contributed by atoms with E-state index in [4.69, 9.17) is 0 Å². The maximum Gasteiger partial charge on any atom is 0.256 e. The highest BCUT2D eigenvalue weighted by atomic mass is 35.5. The van der Waals surface area contributed by atoms with Gasteiger partial charge in [-0.25, -0.2) is 8.42 Å². The predicted molar refractivity (Wildman–Crippen MR) is 106 cm³/mol. The molecule has 3 aliphatic rings. The number of benzene rings is 1. The number of nitrogens with zero attached hydrogens (tertiary/aromatic N) is 2. The predicted octanol–water partition coefficient (Wildman–Crippen LogP) is 0.909. The van der Waals surface area contributed by atoms with Crippen LogP contribution in [-0.4, -0.2) is 50.4 Å². The van der Waals surface area contributed by atoms with Gasteiger partial charge in [-0.15, -0.1) is 16.8 Å². The second kappa shape index (κ2) is 7.84. The molecule has 0 radical (unpaired) electrons. The van der Waals surface area contributed by atoms with Gasteiger partial charge in [-0.2, -0.15) is 0 Å². The summed E-state index contributed by atoms with van der Waals surface area (Å²) in [6, 6.07) is 8.36. The summed E-state index contributed by atoms with van der Waals surface area (Å²) in [5, 5.41) is 6.41. The van der Waals surface area contributed by atoms with Crippen molar-refractivity contribution in [1.82, 2.24) is 15.5 Å². The first-order chi connectivity index (χ1) is 12.5. The summed E-state index contributed by atoms with van der Waals surface area (Å²) in [7, 11) is -3.39. The molecule has 3 heterocycles. The van der Waals surface area contributed by atoms with Gasteiger partial charge in [-0.3, -0.25) is 4.79 Å². The average Bonchev–Trinajstić information content (AvgIpc) is 2.65. The van der Waals surface area contributed by atoms with Crippen LogP contribution in [0.15, 0.2) is 52.6 Å². The molecule has 144 valence electrons. The lowest BCUT2D eigenvalue weighted by molar-refractivity contribution is -0.117. The molecule has 27 heavy (non-hydrogen) atoms. The van der Waals surface area contributed by atoms with Crippen LogP contribution in [0.1, 0.15) is 17.2 Å². The van der Waals surface area contributed by atoms with Gasteiger partial charge in [0, 0.05) is 25.3 Å². The number of fused-ring (bicyclic) bond motifs is 2. The number of amides is 1. The van der Waals surface area contributed by atoms with Crippen LogP contribution in [0.2, 0.25) is 0 Å². The van der Waals surface area contributed by atoms with Crippen molar-refractivity contribution in [1.29, 1.82) is 0 Å². The summed E-state index contributed by atoms with van der Waals surface area (Å²) < 4.78 is 26.8. The Labute approximate surface area is 164 Å². The van der Waals surface area contributed by atoms with Crippen LogP contribution >= 0.6 is 12.4 Å². The largest absolute Gasteiger partial charge is 0.350 e. The van der Waals surface area contributed by atoms with Crippen molar-refractivity contribution in [2.24, 2.45) is 4.40 Å². The van der Waals surface area contributed by atoms with Crippen LogP contribution in [-0.2, 0) is 21.2 Å². The third-order valence-electron chi connectivity index (χ3n) is 4.77. The number of rotatable bonds is 3. The van der Waals surface area contributed by atoms with Crippen LogP contribution < -0.4 is 10.6 Å². The minimum absolute atomic E-state index is 0. The second-order valence-electron chi connectivity index (χ2n) is 6.51. The number of carbonyl (C=O) groups excluding carboxylic acids is 1. The van der Waals surface area contributed by atoms with Crippen molar-refractivity contribution >= 4 is 34.2 Å². The van der Waals surface area contributed by atoms with Gasteiger partial charge in [-0.1, -0.05) is 24.3 Å². The molecule has 1 aromatic carbocycles. The SMILES string of the molecule is Cl.O=C(NCC1NCCc2ccccc21)C1=CN2CCS(=O)(=O)N=C2C=C1. The fourth-order valence-electron chi connectivity index (χ4n) is 3.41. The molecule has 1 aromatic rings. The number of halogens is 1. The average molecular weight is 409 g/mol. The normalized spacial score (nSPS) is 22.5. The maximum atomic E-state index is 12.5. The highest BCUT2D eigenvalue weighted by Gasteiger charge is 2.25. The molecule has 9 heteroatoms. The van der Waals surface area contributed by atoms with Gasteiger partial charge in [0.1, 0.15) is 5.84 Å². The Morgan fingerprint density at radius 3 is 2.96 bits per heavy atom. The minimum atomic E-state index is -3.39. The quantitative estimate of drug-likeness (QED) is 0.775. The molecular weight excluding hydrogens is 388 g/mol. The first kappa shape index (κ1) is 19.6. The summed E-state index contributed by atoms with van der Waals surface area (Å²) >= 11 is 0. The Morgan fingerprint density at radius 2 is 2.11 bits per heavy atom. The summed E-state index contributed by atoms with van der Waals surface area (Å²) in [6.45, 7) is 1.69. The van der Waals surface area contributed by atoms with Gasteiger partial charge in [0.25, 0.3) is 15.9 Å². The zero-order valence-corrected chi connectivity index (χ0v) is 16.2. The highest BCUT2D eigenvalue weighted by molar-refractivity contribution is 7.90. The third kappa shape index (κ3) is 4.23. The molecule has 4 rings (SSSR count). The molecule has 0 saturated heterocycles. The second-order valence-corrected chi connectivity index (χ2v) is 8.27. The molecular formula is C18H21ClN4O3S. The van der Waals surface area contributed by atoms with Crippen LogP contribution in [0.4, 0.5) is 0 Å². The number of nitrogens with one attached hydrogen (secondary N) is 2. The summed E-state index contributed by atoms with van der Waals surface area (Å²) in [5.74, 6) is 0.132. The van der Waals surface area contributed by atoms with Crippen molar-refractivity contribution in [3.05, 3.63) is 59.3 Å². The van der Waals surface area contributed by atoms with E-state index >= 15 is 0 Å². The molecule has 0 fully saturated rings. The summed E-state index contributed by atoms with van der Waals surface area (Å²) in [4.78, 5) is 14.2. The standard InChI is InChI=1S/C18H20N4O3S.ClH/c23-18(14-5-6-17-21-26(24,25)10-9-22(17)12-14)20-11-16-15-4-2-1-3-13(15)7-8-19-16;/h1-6,12,16,19H,7-11H2,(H,20,23);1H. The molecule has 1 amide bonds. The molecule has 2 N–H and O–H groups in total. The van der Waals surface area contributed by atoms with Crippen molar-refractivity contribution in [3.8, 4) is 0 Å². The van der Waals surface area contributed by atoms with E-state index in [9.17, 15) is 13.2 Å². The molecule has 0 aromatic heterocycles. The lowest BCUT2D eigenvalue weighted by atomic mass is 9.94. The molecule has 0 spiro atoms. The zero-order chi connectivity index (χ0) is 18.1. The summed E-state index contributed by atoms with van der Waals surface area (Å²) in [5.41, 5.74) is 3.04. The van der Waals surface area contributed by atoms with Crippen molar-refractivity contribution < 1.29 is 13.2 Å². The van der Waals surface area contributed by atoms with Crippen LogP contribution in [0.5, 0.6) is 0 Å².